The normalized spacial score (nSPS) is 7.75. The number of amides is 2. The first-order chi connectivity index (χ1) is 3.72. The van der Waals surface area contributed by atoms with Crippen molar-refractivity contribution in [1.82, 2.24) is 10.2 Å². The molecule has 0 atom stereocenters. The molecule has 0 aromatic carbocycles. The van der Waals surface area contributed by atoms with E-state index in [4.69, 9.17) is 0 Å². The number of hydrogen-bond donors (Lipinski definition) is 1. The van der Waals surface area contributed by atoms with Crippen LogP contribution >= 0.6 is 0 Å². The minimum Gasteiger partial charge on any atom is -0.341 e. The van der Waals surface area contributed by atoms with Crippen LogP contribution in [0.15, 0.2) is 12.8 Å². The summed E-state index contributed by atoms with van der Waals surface area (Å²) in [5, 5.41) is 2.43. The molecule has 0 heterocycles. The number of urea groups is 1. The molecule has 0 rings (SSSR count). The van der Waals surface area contributed by atoms with Gasteiger partial charge in [0.1, 0.15) is 0 Å². The van der Waals surface area contributed by atoms with Crippen molar-refractivity contribution >= 4 is 6.03 Å². The number of rotatable bonds is 1. The predicted octanol–water partition coefficient (Wildman–Crippen LogP) is 0.401. The fourth-order valence-corrected chi connectivity index (χ4v) is 0.259. The van der Waals surface area contributed by atoms with E-state index in [1.807, 2.05) is 0 Å². The SMILES string of the molecule is C=CN(C)C(=O)NC. The molecule has 2 amide bonds. The van der Waals surface area contributed by atoms with Gasteiger partial charge in [0.05, 0.1) is 0 Å². The van der Waals surface area contributed by atoms with Crippen LogP contribution in [-0.4, -0.2) is 25.0 Å². The van der Waals surface area contributed by atoms with Crippen LogP contribution in [0.4, 0.5) is 4.79 Å². The van der Waals surface area contributed by atoms with Gasteiger partial charge < -0.3 is 10.2 Å². The Labute approximate surface area is 49.0 Å². The lowest BCUT2D eigenvalue weighted by molar-refractivity contribution is 0.224. The van der Waals surface area contributed by atoms with Gasteiger partial charge in [0.15, 0.2) is 0 Å². The van der Waals surface area contributed by atoms with Gasteiger partial charge in [0.25, 0.3) is 0 Å². The van der Waals surface area contributed by atoms with Crippen LogP contribution in [0.2, 0.25) is 0 Å². The quantitative estimate of drug-likeness (QED) is 0.525. The van der Waals surface area contributed by atoms with E-state index >= 15 is 0 Å². The maximum atomic E-state index is 10.5. The summed E-state index contributed by atoms with van der Waals surface area (Å²) in [4.78, 5) is 11.8. The van der Waals surface area contributed by atoms with Gasteiger partial charge in [-0.15, -0.1) is 0 Å². The smallest absolute Gasteiger partial charge is 0.320 e. The third kappa shape index (κ3) is 1.64. The fourth-order valence-electron chi connectivity index (χ4n) is 0.259. The Morgan fingerprint density at radius 2 is 2.38 bits per heavy atom. The molecule has 0 saturated heterocycles. The molecule has 0 aromatic heterocycles. The van der Waals surface area contributed by atoms with Crippen LogP contribution in [0.5, 0.6) is 0 Å². The number of nitrogens with zero attached hydrogens (tertiary/aromatic N) is 1. The molecule has 1 N–H and O–H groups in total. The van der Waals surface area contributed by atoms with Crippen molar-refractivity contribution in [2.24, 2.45) is 0 Å². The Balaban J connectivity index is 3.62. The molecule has 0 aliphatic carbocycles. The van der Waals surface area contributed by atoms with Gasteiger partial charge in [0, 0.05) is 20.3 Å². The molecule has 3 nitrogen and oxygen atoms in total. The van der Waals surface area contributed by atoms with E-state index in [0.29, 0.717) is 0 Å². The second-order valence-corrected chi connectivity index (χ2v) is 1.35. The topological polar surface area (TPSA) is 32.3 Å². The lowest BCUT2D eigenvalue weighted by Gasteiger charge is -2.08. The monoisotopic (exact) mass is 114 g/mol. The van der Waals surface area contributed by atoms with E-state index in [9.17, 15) is 4.79 Å². The summed E-state index contributed by atoms with van der Waals surface area (Å²) >= 11 is 0. The highest BCUT2D eigenvalue weighted by Gasteiger charge is 1.96. The summed E-state index contributed by atoms with van der Waals surface area (Å²) in [6.07, 6.45) is 1.44. The Morgan fingerprint density at radius 3 is 2.50 bits per heavy atom. The van der Waals surface area contributed by atoms with Gasteiger partial charge >= 0.3 is 6.03 Å². The summed E-state index contributed by atoms with van der Waals surface area (Å²) in [6, 6.07) is -0.153. The van der Waals surface area contributed by atoms with Crippen molar-refractivity contribution < 1.29 is 4.79 Å². The van der Waals surface area contributed by atoms with Gasteiger partial charge in [-0.05, 0) is 0 Å². The van der Waals surface area contributed by atoms with E-state index < -0.39 is 0 Å². The molecule has 0 aliphatic rings. The number of nitrogens with one attached hydrogen (secondary N) is 1. The van der Waals surface area contributed by atoms with Crippen molar-refractivity contribution in [1.29, 1.82) is 0 Å². The van der Waals surface area contributed by atoms with Crippen LogP contribution in [0.3, 0.4) is 0 Å². The maximum absolute atomic E-state index is 10.5. The molecule has 0 aliphatic heterocycles. The van der Waals surface area contributed by atoms with Gasteiger partial charge in [-0.25, -0.2) is 4.79 Å². The Hall–Kier alpha value is -0.990. The minimum atomic E-state index is -0.153. The zero-order valence-electron chi connectivity index (χ0n) is 5.14. The molecule has 0 saturated carbocycles. The van der Waals surface area contributed by atoms with Gasteiger partial charge in [-0.2, -0.15) is 0 Å². The maximum Gasteiger partial charge on any atom is 0.320 e. The first kappa shape index (κ1) is 7.01. The molecule has 0 unspecified atom stereocenters. The van der Waals surface area contributed by atoms with E-state index in [1.54, 1.807) is 14.1 Å². The molecule has 0 radical (unpaired) electrons. The molecule has 46 valence electrons. The van der Waals surface area contributed by atoms with Crippen LogP contribution in [0, 0.1) is 0 Å². The Kier molecular flexibility index (Phi) is 2.69. The van der Waals surface area contributed by atoms with Crippen LogP contribution < -0.4 is 5.32 Å². The lowest BCUT2D eigenvalue weighted by Crippen LogP contribution is -2.30. The first-order valence-corrected chi connectivity index (χ1v) is 2.29. The highest BCUT2D eigenvalue weighted by molar-refractivity contribution is 5.74. The molecular weight excluding hydrogens is 104 g/mol. The molecule has 8 heavy (non-hydrogen) atoms. The van der Waals surface area contributed by atoms with Crippen molar-refractivity contribution in [3.63, 3.8) is 0 Å². The fraction of sp³-hybridized carbons (Fsp3) is 0.400. The highest BCUT2D eigenvalue weighted by Crippen LogP contribution is 1.79. The van der Waals surface area contributed by atoms with E-state index in [1.165, 1.54) is 11.1 Å². The number of hydrogen-bond acceptors (Lipinski definition) is 1. The van der Waals surface area contributed by atoms with Gasteiger partial charge in [0.2, 0.25) is 0 Å². The van der Waals surface area contributed by atoms with E-state index in [2.05, 4.69) is 11.9 Å². The molecule has 0 bridgehead atoms. The van der Waals surface area contributed by atoms with Gasteiger partial charge in [-0.1, -0.05) is 6.58 Å². The summed E-state index contributed by atoms with van der Waals surface area (Å²) in [6.45, 7) is 3.39. The number of carbonyl (C=O) groups excluding carboxylic acids is 1. The zero-order valence-corrected chi connectivity index (χ0v) is 5.14. The molecule has 0 spiro atoms. The average Bonchev–Trinajstić information content (AvgIpc) is 1.84. The second kappa shape index (κ2) is 3.07. The number of carbonyl (C=O) groups is 1. The lowest BCUT2D eigenvalue weighted by atomic mass is 10.7. The average molecular weight is 114 g/mol. The molecule has 3 heteroatoms. The minimum absolute atomic E-state index is 0.153. The summed E-state index contributed by atoms with van der Waals surface area (Å²) in [7, 11) is 3.20. The van der Waals surface area contributed by atoms with E-state index in [-0.39, 0.29) is 6.03 Å². The predicted molar refractivity (Wildman–Crippen MR) is 32.4 cm³/mol. The summed E-state index contributed by atoms with van der Waals surface area (Å²) < 4.78 is 0. The van der Waals surface area contributed by atoms with Crippen LogP contribution in [-0.2, 0) is 0 Å². The third-order valence-electron chi connectivity index (χ3n) is 0.808. The summed E-state index contributed by atoms with van der Waals surface area (Å²) in [5.41, 5.74) is 0. The highest BCUT2D eigenvalue weighted by atomic mass is 16.2. The molecule has 0 fully saturated rings. The van der Waals surface area contributed by atoms with Crippen molar-refractivity contribution in [3.05, 3.63) is 12.8 Å². The molecular formula is C5H10N2O. The van der Waals surface area contributed by atoms with Crippen LogP contribution in [0.25, 0.3) is 0 Å². The van der Waals surface area contributed by atoms with Crippen LogP contribution in [0.1, 0.15) is 0 Å². The second-order valence-electron chi connectivity index (χ2n) is 1.35. The Bertz CT molecular complexity index is 101. The zero-order chi connectivity index (χ0) is 6.57. The largest absolute Gasteiger partial charge is 0.341 e. The molecule has 0 aromatic rings. The van der Waals surface area contributed by atoms with Crippen molar-refractivity contribution in [2.45, 2.75) is 0 Å². The first-order valence-electron chi connectivity index (χ1n) is 2.29. The standard InChI is InChI=1S/C5H10N2O/c1-4-7(3)5(8)6-2/h4H,1H2,2-3H3,(H,6,8). The van der Waals surface area contributed by atoms with E-state index in [0.717, 1.165) is 0 Å². The summed E-state index contributed by atoms with van der Waals surface area (Å²) in [5.74, 6) is 0. The van der Waals surface area contributed by atoms with Gasteiger partial charge in [-0.3, -0.25) is 0 Å². The van der Waals surface area contributed by atoms with Crippen molar-refractivity contribution in [3.8, 4) is 0 Å². The Morgan fingerprint density at radius 1 is 1.88 bits per heavy atom. The third-order valence-corrected chi connectivity index (χ3v) is 0.808. The van der Waals surface area contributed by atoms with Crippen molar-refractivity contribution in [2.75, 3.05) is 14.1 Å².